The van der Waals surface area contributed by atoms with E-state index in [2.05, 4.69) is 34.1 Å². The van der Waals surface area contributed by atoms with Gasteiger partial charge in [0.05, 0.1) is 30.7 Å². The number of aryl methyl sites for hydroxylation is 1. The normalized spacial score (nSPS) is 19.1. The summed E-state index contributed by atoms with van der Waals surface area (Å²) in [6.07, 6.45) is 4.83. The zero-order chi connectivity index (χ0) is 13.0. The molecule has 0 amide bonds. The minimum absolute atomic E-state index is 0.636. The maximum absolute atomic E-state index is 4.52. The average molecular weight is 264 g/mol. The Morgan fingerprint density at radius 3 is 2.89 bits per heavy atom. The highest BCUT2D eigenvalue weighted by Crippen LogP contribution is 2.25. The Labute approximate surface area is 113 Å². The van der Waals surface area contributed by atoms with Crippen LogP contribution in [0.5, 0.6) is 0 Å². The summed E-state index contributed by atoms with van der Waals surface area (Å²) in [5.41, 5.74) is 1.90. The van der Waals surface area contributed by atoms with Crippen LogP contribution in [-0.2, 0) is 6.54 Å². The van der Waals surface area contributed by atoms with Crippen LogP contribution >= 0.6 is 11.8 Å². The van der Waals surface area contributed by atoms with Crippen LogP contribution in [0.25, 0.3) is 0 Å². The van der Waals surface area contributed by atoms with Crippen LogP contribution in [0.1, 0.15) is 31.7 Å². The number of hydrogen-bond donors (Lipinski definition) is 1. The van der Waals surface area contributed by atoms with Crippen molar-refractivity contribution in [3.05, 3.63) is 23.8 Å². The van der Waals surface area contributed by atoms with Crippen molar-refractivity contribution in [3.8, 4) is 0 Å². The van der Waals surface area contributed by atoms with Crippen LogP contribution in [0, 0.1) is 12.8 Å². The summed E-state index contributed by atoms with van der Waals surface area (Å²) in [6.45, 7) is 8.09. The highest BCUT2D eigenvalue weighted by atomic mass is 32.2. The number of hydrogen-bond acceptors (Lipinski definition) is 5. The average Bonchev–Trinajstić information content (AvgIpc) is 2.75. The molecule has 1 aromatic rings. The van der Waals surface area contributed by atoms with Gasteiger partial charge in [0, 0.05) is 11.4 Å². The highest BCUT2D eigenvalue weighted by molar-refractivity contribution is 8.14. The molecule has 0 fully saturated rings. The minimum atomic E-state index is 0.636. The number of nitrogens with one attached hydrogen (secondary N) is 1. The van der Waals surface area contributed by atoms with Gasteiger partial charge in [0.1, 0.15) is 0 Å². The van der Waals surface area contributed by atoms with Crippen molar-refractivity contribution in [2.24, 2.45) is 10.9 Å². The fraction of sp³-hybridized carbons (Fsp3) is 0.615. The molecule has 1 aliphatic heterocycles. The molecule has 0 spiro atoms. The lowest BCUT2D eigenvalue weighted by molar-refractivity contribution is 0.575. The van der Waals surface area contributed by atoms with E-state index in [1.807, 2.05) is 24.9 Å². The number of nitrogens with zero attached hydrogens (tertiary/aromatic N) is 3. The molecular weight excluding hydrogens is 244 g/mol. The molecular formula is C13H20N4S. The van der Waals surface area contributed by atoms with E-state index in [0.29, 0.717) is 11.8 Å². The number of amidine groups is 1. The molecule has 0 aliphatic carbocycles. The molecule has 1 N–H and O–H groups in total. The van der Waals surface area contributed by atoms with Gasteiger partial charge in [-0.05, 0) is 19.3 Å². The lowest BCUT2D eigenvalue weighted by Crippen LogP contribution is -2.20. The van der Waals surface area contributed by atoms with Crippen LogP contribution in [0.15, 0.2) is 17.4 Å². The predicted molar refractivity (Wildman–Crippen MR) is 76.7 cm³/mol. The quantitative estimate of drug-likeness (QED) is 0.907. The van der Waals surface area contributed by atoms with Crippen molar-refractivity contribution in [2.75, 3.05) is 6.54 Å². The topological polar surface area (TPSA) is 50.2 Å². The van der Waals surface area contributed by atoms with E-state index in [1.165, 1.54) is 6.42 Å². The van der Waals surface area contributed by atoms with E-state index in [1.54, 1.807) is 6.20 Å². The monoisotopic (exact) mass is 264 g/mol. The molecule has 1 atom stereocenters. The SMILES string of the molecule is Cc1cnc(CNC2=NCC(CC(C)C)S2)cn1. The Morgan fingerprint density at radius 1 is 1.39 bits per heavy atom. The first-order valence-electron chi connectivity index (χ1n) is 6.36. The first kappa shape index (κ1) is 13.3. The molecule has 2 heterocycles. The molecule has 0 saturated heterocycles. The summed E-state index contributed by atoms with van der Waals surface area (Å²) in [6, 6.07) is 0. The van der Waals surface area contributed by atoms with Gasteiger partial charge in [-0.1, -0.05) is 25.6 Å². The van der Waals surface area contributed by atoms with Gasteiger partial charge in [-0.3, -0.25) is 15.0 Å². The van der Waals surface area contributed by atoms with Crippen molar-refractivity contribution < 1.29 is 0 Å². The second kappa shape index (κ2) is 6.18. The van der Waals surface area contributed by atoms with E-state index in [9.17, 15) is 0 Å². The molecule has 1 unspecified atom stereocenters. The molecule has 0 radical (unpaired) electrons. The predicted octanol–water partition coefficient (Wildman–Crippen LogP) is 2.39. The maximum atomic E-state index is 4.52. The number of aliphatic imine (C=N–C) groups is 1. The minimum Gasteiger partial charge on any atom is -0.359 e. The van der Waals surface area contributed by atoms with Gasteiger partial charge in [0.15, 0.2) is 5.17 Å². The molecule has 0 saturated carbocycles. The van der Waals surface area contributed by atoms with Crippen molar-refractivity contribution >= 4 is 16.9 Å². The second-order valence-corrected chi connectivity index (χ2v) is 6.31. The molecule has 5 heteroatoms. The zero-order valence-corrected chi connectivity index (χ0v) is 12.0. The summed E-state index contributed by atoms with van der Waals surface area (Å²) < 4.78 is 0. The summed E-state index contributed by atoms with van der Waals surface area (Å²) in [5, 5.41) is 5.01. The standard InChI is InChI=1S/C13H20N4S/c1-9(2)4-12-8-17-13(18-12)16-7-11-6-14-10(3)5-15-11/h5-6,9,12H,4,7-8H2,1-3H3,(H,16,17). The van der Waals surface area contributed by atoms with Crippen molar-refractivity contribution in [1.29, 1.82) is 0 Å². The van der Waals surface area contributed by atoms with E-state index in [-0.39, 0.29) is 0 Å². The Balaban J connectivity index is 1.76. The largest absolute Gasteiger partial charge is 0.359 e. The van der Waals surface area contributed by atoms with Crippen molar-refractivity contribution in [3.63, 3.8) is 0 Å². The fourth-order valence-electron chi connectivity index (χ4n) is 1.84. The molecule has 1 aromatic heterocycles. The van der Waals surface area contributed by atoms with Crippen molar-refractivity contribution in [2.45, 2.75) is 39.0 Å². The summed E-state index contributed by atoms with van der Waals surface area (Å²) in [4.78, 5) is 13.1. The lowest BCUT2D eigenvalue weighted by Gasteiger charge is -2.11. The van der Waals surface area contributed by atoms with Crippen molar-refractivity contribution in [1.82, 2.24) is 15.3 Å². The zero-order valence-electron chi connectivity index (χ0n) is 11.2. The molecule has 1 aliphatic rings. The first-order valence-corrected chi connectivity index (χ1v) is 7.24. The third kappa shape index (κ3) is 3.98. The van der Waals surface area contributed by atoms with Gasteiger partial charge in [-0.2, -0.15) is 0 Å². The van der Waals surface area contributed by atoms with Crippen LogP contribution in [0.4, 0.5) is 0 Å². The van der Waals surface area contributed by atoms with Crippen LogP contribution in [0.3, 0.4) is 0 Å². The van der Waals surface area contributed by atoms with E-state index < -0.39 is 0 Å². The molecule has 4 nitrogen and oxygen atoms in total. The van der Waals surface area contributed by atoms with E-state index in [0.717, 1.165) is 29.0 Å². The smallest absolute Gasteiger partial charge is 0.157 e. The summed E-state index contributed by atoms with van der Waals surface area (Å²) in [7, 11) is 0. The molecule has 0 aromatic carbocycles. The number of aromatic nitrogens is 2. The fourth-order valence-corrected chi connectivity index (χ4v) is 3.09. The number of thioether (sulfide) groups is 1. The van der Waals surface area contributed by atoms with Gasteiger partial charge >= 0.3 is 0 Å². The molecule has 98 valence electrons. The number of rotatable bonds is 4. The third-order valence-electron chi connectivity index (χ3n) is 2.71. The Hall–Kier alpha value is -1.10. The van der Waals surface area contributed by atoms with Gasteiger partial charge in [0.2, 0.25) is 0 Å². The first-order chi connectivity index (χ1) is 8.63. The van der Waals surface area contributed by atoms with E-state index in [4.69, 9.17) is 0 Å². The second-order valence-electron chi connectivity index (χ2n) is 5.02. The van der Waals surface area contributed by atoms with Gasteiger partial charge in [0.25, 0.3) is 0 Å². The summed E-state index contributed by atoms with van der Waals surface area (Å²) >= 11 is 1.85. The molecule has 0 bridgehead atoms. The van der Waals surface area contributed by atoms with Gasteiger partial charge in [-0.25, -0.2) is 0 Å². The Kier molecular flexibility index (Phi) is 4.58. The highest BCUT2D eigenvalue weighted by Gasteiger charge is 2.20. The van der Waals surface area contributed by atoms with Crippen LogP contribution in [0.2, 0.25) is 0 Å². The van der Waals surface area contributed by atoms with Crippen LogP contribution < -0.4 is 5.32 Å². The van der Waals surface area contributed by atoms with Gasteiger partial charge < -0.3 is 5.32 Å². The lowest BCUT2D eigenvalue weighted by atomic mass is 10.1. The van der Waals surface area contributed by atoms with Gasteiger partial charge in [-0.15, -0.1) is 0 Å². The molecule has 2 rings (SSSR count). The molecule has 18 heavy (non-hydrogen) atoms. The Morgan fingerprint density at radius 2 is 2.22 bits per heavy atom. The Bertz CT molecular complexity index is 414. The maximum Gasteiger partial charge on any atom is 0.157 e. The summed E-state index contributed by atoms with van der Waals surface area (Å²) in [5.74, 6) is 0.736. The third-order valence-corrected chi connectivity index (χ3v) is 3.88. The van der Waals surface area contributed by atoms with Crippen LogP contribution in [-0.4, -0.2) is 26.9 Å². The van der Waals surface area contributed by atoms with E-state index >= 15 is 0 Å².